The van der Waals surface area contributed by atoms with Gasteiger partial charge in [0.2, 0.25) is 0 Å². The molecule has 1 aromatic carbocycles. The average molecular weight is 251 g/mol. The third kappa shape index (κ3) is 2.84. The third-order valence-corrected chi connectivity index (χ3v) is 5.03. The summed E-state index contributed by atoms with van der Waals surface area (Å²) in [6.07, 6.45) is 1.14. The van der Waals surface area contributed by atoms with Gasteiger partial charge in [0.1, 0.15) is 0 Å². The van der Waals surface area contributed by atoms with E-state index in [4.69, 9.17) is 5.11 Å². The van der Waals surface area contributed by atoms with Crippen molar-refractivity contribution in [3.05, 3.63) is 35.4 Å². The van der Waals surface area contributed by atoms with Gasteiger partial charge >= 0.3 is 0 Å². The highest BCUT2D eigenvalue weighted by Gasteiger charge is 2.31. The van der Waals surface area contributed by atoms with Crippen molar-refractivity contribution < 1.29 is 5.11 Å². The van der Waals surface area contributed by atoms with Crippen LogP contribution in [0.1, 0.15) is 24.1 Å². The van der Waals surface area contributed by atoms with Crippen LogP contribution in [-0.4, -0.2) is 29.8 Å². The SMILES string of the molecule is CNC1c2ccccc2CC1SCC(C)CO. The molecule has 0 heterocycles. The molecule has 0 saturated heterocycles. The van der Waals surface area contributed by atoms with Gasteiger partial charge in [-0.15, -0.1) is 0 Å². The molecule has 17 heavy (non-hydrogen) atoms. The lowest BCUT2D eigenvalue weighted by atomic mass is 10.1. The molecule has 0 saturated carbocycles. The van der Waals surface area contributed by atoms with Crippen LogP contribution in [0.2, 0.25) is 0 Å². The lowest BCUT2D eigenvalue weighted by molar-refractivity contribution is 0.250. The number of nitrogens with one attached hydrogen (secondary N) is 1. The minimum atomic E-state index is 0.289. The van der Waals surface area contributed by atoms with Gasteiger partial charge in [-0.25, -0.2) is 0 Å². The fourth-order valence-electron chi connectivity index (χ4n) is 2.40. The molecule has 0 aromatic heterocycles. The van der Waals surface area contributed by atoms with Gasteiger partial charge in [0.05, 0.1) is 0 Å². The second-order valence-corrected chi connectivity index (χ2v) is 6.10. The fourth-order valence-corrected chi connectivity index (χ4v) is 3.85. The number of thioether (sulfide) groups is 1. The number of benzene rings is 1. The topological polar surface area (TPSA) is 32.3 Å². The van der Waals surface area contributed by atoms with E-state index in [-0.39, 0.29) is 6.61 Å². The van der Waals surface area contributed by atoms with E-state index >= 15 is 0 Å². The molecule has 1 aliphatic rings. The summed E-state index contributed by atoms with van der Waals surface area (Å²) in [6.45, 7) is 2.39. The summed E-state index contributed by atoms with van der Waals surface area (Å²) >= 11 is 1.98. The van der Waals surface area contributed by atoms with Gasteiger partial charge in [0.15, 0.2) is 0 Å². The van der Waals surface area contributed by atoms with E-state index in [1.54, 1.807) is 0 Å². The van der Waals surface area contributed by atoms with E-state index in [9.17, 15) is 0 Å². The first kappa shape index (κ1) is 12.9. The molecular formula is C14H21NOS. The smallest absolute Gasteiger partial charge is 0.0464 e. The number of hydrogen-bond donors (Lipinski definition) is 2. The molecule has 0 bridgehead atoms. The normalized spacial score (nSPS) is 24.6. The van der Waals surface area contributed by atoms with Crippen LogP contribution in [0.4, 0.5) is 0 Å². The van der Waals surface area contributed by atoms with Gasteiger partial charge in [-0.05, 0) is 36.3 Å². The summed E-state index contributed by atoms with van der Waals surface area (Å²) < 4.78 is 0. The molecule has 1 aromatic rings. The van der Waals surface area contributed by atoms with Crippen molar-refractivity contribution in [1.29, 1.82) is 0 Å². The average Bonchev–Trinajstić information content (AvgIpc) is 2.73. The summed E-state index contributed by atoms with van der Waals surface area (Å²) in [7, 11) is 2.04. The summed E-state index contributed by atoms with van der Waals surface area (Å²) in [5.41, 5.74) is 2.92. The first-order valence-corrected chi connectivity index (χ1v) is 7.28. The lowest BCUT2D eigenvalue weighted by Gasteiger charge is -2.20. The predicted octanol–water partition coefficient (Wildman–Crippen LogP) is 2.23. The van der Waals surface area contributed by atoms with E-state index in [0.717, 1.165) is 12.2 Å². The molecule has 0 amide bonds. The summed E-state index contributed by atoms with van der Waals surface area (Å²) in [5.74, 6) is 1.43. The Kier molecular flexibility index (Phi) is 4.48. The molecule has 94 valence electrons. The number of hydrogen-bond acceptors (Lipinski definition) is 3. The van der Waals surface area contributed by atoms with E-state index in [1.165, 1.54) is 11.1 Å². The van der Waals surface area contributed by atoms with Crippen LogP contribution < -0.4 is 5.32 Å². The largest absolute Gasteiger partial charge is 0.396 e. The maximum Gasteiger partial charge on any atom is 0.0464 e. The highest BCUT2D eigenvalue weighted by atomic mass is 32.2. The molecule has 3 heteroatoms. The third-order valence-electron chi connectivity index (χ3n) is 3.40. The minimum absolute atomic E-state index is 0.289. The van der Waals surface area contributed by atoms with Gasteiger partial charge in [0.25, 0.3) is 0 Å². The van der Waals surface area contributed by atoms with Crippen molar-refractivity contribution in [3.63, 3.8) is 0 Å². The molecular weight excluding hydrogens is 230 g/mol. The molecule has 3 unspecified atom stereocenters. The van der Waals surface area contributed by atoms with Gasteiger partial charge in [0, 0.05) is 17.9 Å². The Balaban J connectivity index is 2.02. The van der Waals surface area contributed by atoms with Crippen molar-refractivity contribution >= 4 is 11.8 Å². The molecule has 2 rings (SSSR count). The zero-order chi connectivity index (χ0) is 12.3. The lowest BCUT2D eigenvalue weighted by Crippen LogP contribution is -2.24. The van der Waals surface area contributed by atoms with Crippen LogP contribution in [0.5, 0.6) is 0 Å². The number of fused-ring (bicyclic) bond motifs is 1. The van der Waals surface area contributed by atoms with E-state index in [1.807, 2.05) is 18.8 Å². The van der Waals surface area contributed by atoms with Crippen LogP contribution in [0.15, 0.2) is 24.3 Å². The van der Waals surface area contributed by atoms with Gasteiger partial charge in [-0.1, -0.05) is 31.2 Å². The Morgan fingerprint density at radius 2 is 2.24 bits per heavy atom. The highest BCUT2D eigenvalue weighted by molar-refractivity contribution is 7.99. The second kappa shape index (κ2) is 5.89. The zero-order valence-corrected chi connectivity index (χ0v) is 11.3. The van der Waals surface area contributed by atoms with Crippen LogP contribution in [0.3, 0.4) is 0 Å². The second-order valence-electron chi connectivity index (χ2n) is 4.83. The maximum atomic E-state index is 9.08. The highest BCUT2D eigenvalue weighted by Crippen LogP contribution is 2.38. The molecule has 0 fully saturated rings. The number of aliphatic hydroxyl groups is 1. The first-order chi connectivity index (χ1) is 8.26. The van der Waals surface area contributed by atoms with Crippen LogP contribution >= 0.6 is 11.8 Å². The van der Waals surface area contributed by atoms with Gasteiger partial charge in [-0.2, -0.15) is 11.8 Å². The summed E-state index contributed by atoms with van der Waals surface area (Å²) in [5, 5.41) is 13.1. The van der Waals surface area contributed by atoms with Crippen LogP contribution in [0, 0.1) is 5.92 Å². The quantitative estimate of drug-likeness (QED) is 0.842. The molecule has 0 radical (unpaired) electrons. The van der Waals surface area contributed by atoms with Crippen LogP contribution in [0.25, 0.3) is 0 Å². The van der Waals surface area contributed by atoms with Crippen molar-refractivity contribution in [2.75, 3.05) is 19.4 Å². The number of rotatable bonds is 5. The van der Waals surface area contributed by atoms with E-state index < -0.39 is 0 Å². The molecule has 2 N–H and O–H groups in total. The Hall–Kier alpha value is -0.510. The number of aliphatic hydroxyl groups excluding tert-OH is 1. The predicted molar refractivity (Wildman–Crippen MR) is 74.4 cm³/mol. The van der Waals surface area contributed by atoms with E-state index in [0.29, 0.717) is 17.2 Å². The van der Waals surface area contributed by atoms with Gasteiger partial charge in [-0.3, -0.25) is 0 Å². The van der Waals surface area contributed by atoms with Crippen molar-refractivity contribution in [3.8, 4) is 0 Å². The van der Waals surface area contributed by atoms with Crippen LogP contribution in [-0.2, 0) is 6.42 Å². The Morgan fingerprint density at radius 1 is 1.47 bits per heavy atom. The van der Waals surface area contributed by atoms with Crippen molar-refractivity contribution in [2.24, 2.45) is 5.92 Å². The minimum Gasteiger partial charge on any atom is -0.396 e. The molecule has 1 aliphatic carbocycles. The summed E-state index contributed by atoms with van der Waals surface area (Å²) in [6, 6.07) is 9.16. The Bertz CT molecular complexity index is 369. The van der Waals surface area contributed by atoms with Gasteiger partial charge < -0.3 is 10.4 Å². The molecule has 3 atom stereocenters. The Morgan fingerprint density at radius 3 is 2.94 bits per heavy atom. The van der Waals surface area contributed by atoms with E-state index in [2.05, 4.69) is 36.5 Å². The monoisotopic (exact) mass is 251 g/mol. The molecule has 0 aliphatic heterocycles. The van der Waals surface area contributed by atoms with Crippen molar-refractivity contribution in [1.82, 2.24) is 5.32 Å². The Labute approximate surface area is 108 Å². The maximum absolute atomic E-state index is 9.08. The zero-order valence-electron chi connectivity index (χ0n) is 10.5. The standard InChI is InChI=1S/C14H21NOS/c1-10(8-16)9-17-13-7-11-5-3-4-6-12(11)14(13)15-2/h3-6,10,13-16H,7-9H2,1-2H3. The fraction of sp³-hybridized carbons (Fsp3) is 0.571. The molecule has 2 nitrogen and oxygen atoms in total. The van der Waals surface area contributed by atoms with Crippen molar-refractivity contribution in [2.45, 2.75) is 24.6 Å². The first-order valence-electron chi connectivity index (χ1n) is 6.23. The summed E-state index contributed by atoms with van der Waals surface area (Å²) in [4.78, 5) is 0. The molecule has 0 spiro atoms.